The molecular formula is C16H25N. The summed E-state index contributed by atoms with van der Waals surface area (Å²) in [6, 6.07) is 8.85. The fraction of sp³-hybridized carbons (Fsp3) is 0.625. The molecule has 1 N–H and O–H groups in total. The minimum absolute atomic E-state index is 0.212. The van der Waals surface area contributed by atoms with E-state index >= 15 is 0 Å². The van der Waals surface area contributed by atoms with Gasteiger partial charge in [-0.25, -0.2) is 0 Å². The molecule has 1 fully saturated rings. The van der Waals surface area contributed by atoms with E-state index in [0.717, 1.165) is 6.54 Å². The summed E-state index contributed by atoms with van der Waals surface area (Å²) < 4.78 is 0. The smallest absolute Gasteiger partial charge is 0.0442 e. The molecule has 2 rings (SSSR count). The normalized spacial score (nSPS) is 25.2. The van der Waals surface area contributed by atoms with Gasteiger partial charge in [-0.15, -0.1) is 0 Å². The molecule has 1 aromatic carbocycles. The Kier molecular flexibility index (Phi) is 3.31. The molecule has 0 aromatic heterocycles. The van der Waals surface area contributed by atoms with Crippen molar-refractivity contribution >= 4 is 0 Å². The van der Waals surface area contributed by atoms with Crippen molar-refractivity contribution < 1.29 is 0 Å². The molecule has 0 saturated carbocycles. The van der Waals surface area contributed by atoms with E-state index in [1.165, 1.54) is 30.4 Å². The summed E-state index contributed by atoms with van der Waals surface area (Å²) in [7, 11) is 0. The largest absolute Gasteiger partial charge is 0.307 e. The van der Waals surface area contributed by atoms with E-state index in [2.05, 4.69) is 57.3 Å². The first kappa shape index (κ1) is 12.6. The van der Waals surface area contributed by atoms with Crippen molar-refractivity contribution in [2.45, 2.75) is 52.5 Å². The predicted octanol–water partition coefficient (Wildman–Crippen LogP) is 4.01. The SMILES string of the molecule is Cc1ccccc1C1(CC(C)(C)C)CCCN1. The molecule has 0 radical (unpaired) electrons. The van der Waals surface area contributed by atoms with Crippen molar-refractivity contribution in [1.82, 2.24) is 5.32 Å². The lowest BCUT2D eigenvalue weighted by Gasteiger charge is -2.37. The van der Waals surface area contributed by atoms with E-state index in [1.54, 1.807) is 0 Å². The highest BCUT2D eigenvalue weighted by molar-refractivity contribution is 5.34. The average Bonchev–Trinajstić information content (AvgIpc) is 2.65. The quantitative estimate of drug-likeness (QED) is 0.811. The van der Waals surface area contributed by atoms with Gasteiger partial charge in [0, 0.05) is 5.54 Å². The van der Waals surface area contributed by atoms with Gasteiger partial charge in [-0.3, -0.25) is 0 Å². The Morgan fingerprint density at radius 1 is 1.24 bits per heavy atom. The van der Waals surface area contributed by atoms with Crippen LogP contribution in [-0.4, -0.2) is 6.54 Å². The summed E-state index contributed by atoms with van der Waals surface area (Å²) in [6.07, 6.45) is 3.78. The minimum atomic E-state index is 0.212. The zero-order chi connectivity index (χ0) is 12.5. The molecule has 1 saturated heterocycles. The molecule has 1 unspecified atom stereocenters. The van der Waals surface area contributed by atoms with Crippen LogP contribution in [0.2, 0.25) is 0 Å². The highest BCUT2D eigenvalue weighted by Crippen LogP contribution is 2.41. The van der Waals surface area contributed by atoms with E-state index in [-0.39, 0.29) is 5.54 Å². The fourth-order valence-electron chi connectivity index (χ4n) is 3.30. The van der Waals surface area contributed by atoms with Gasteiger partial charge in [0.1, 0.15) is 0 Å². The second-order valence-corrected chi connectivity index (χ2v) is 6.66. The van der Waals surface area contributed by atoms with Crippen molar-refractivity contribution in [3.05, 3.63) is 35.4 Å². The Labute approximate surface area is 106 Å². The summed E-state index contributed by atoms with van der Waals surface area (Å²) >= 11 is 0. The maximum absolute atomic E-state index is 3.78. The van der Waals surface area contributed by atoms with Crippen LogP contribution in [0.1, 0.15) is 51.2 Å². The van der Waals surface area contributed by atoms with E-state index in [4.69, 9.17) is 0 Å². The van der Waals surface area contributed by atoms with E-state index in [0.29, 0.717) is 5.41 Å². The maximum atomic E-state index is 3.78. The Morgan fingerprint density at radius 3 is 2.47 bits per heavy atom. The van der Waals surface area contributed by atoms with Crippen LogP contribution in [0.15, 0.2) is 24.3 Å². The van der Waals surface area contributed by atoms with Crippen molar-refractivity contribution in [2.75, 3.05) is 6.54 Å². The molecule has 17 heavy (non-hydrogen) atoms. The van der Waals surface area contributed by atoms with Crippen molar-refractivity contribution in [1.29, 1.82) is 0 Å². The predicted molar refractivity (Wildman–Crippen MR) is 74.2 cm³/mol. The van der Waals surface area contributed by atoms with Gasteiger partial charge in [0.05, 0.1) is 0 Å². The van der Waals surface area contributed by atoms with Crippen LogP contribution < -0.4 is 5.32 Å². The van der Waals surface area contributed by atoms with Gasteiger partial charge < -0.3 is 5.32 Å². The number of nitrogens with one attached hydrogen (secondary N) is 1. The molecule has 0 aliphatic carbocycles. The summed E-state index contributed by atoms with van der Waals surface area (Å²) in [4.78, 5) is 0. The lowest BCUT2D eigenvalue weighted by atomic mass is 9.74. The molecule has 0 amide bonds. The zero-order valence-electron chi connectivity index (χ0n) is 11.6. The topological polar surface area (TPSA) is 12.0 Å². The van der Waals surface area contributed by atoms with Gasteiger partial charge in [-0.1, -0.05) is 45.0 Å². The lowest BCUT2D eigenvalue weighted by molar-refractivity contribution is 0.231. The van der Waals surface area contributed by atoms with Crippen LogP contribution in [0.5, 0.6) is 0 Å². The van der Waals surface area contributed by atoms with Gasteiger partial charge in [0.2, 0.25) is 0 Å². The van der Waals surface area contributed by atoms with Gasteiger partial charge >= 0.3 is 0 Å². The summed E-state index contributed by atoms with van der Waals surface area (Å²) in [5, 5.41) is 3.78. The van der Waals surface area contributed by atoms with Gasteiger partial charge in [-0.05, 0) is 49.3 Å². The van der Waals surface area contributed by atoms with E-state index in [1.807, 2.05) is 0 Å². The molecular weight excluding hydrogens is 206 g/mol. The van der Waals surface area contributed by atoms with E-state index in [9.17, 15) is 0 Å². The van der Waals surface area contributed by atoms with E-state index < -0.39 is 0 Å². The Bertz CT molecular complexity index is 381. The molecule has 1 heterocycles. The molecule has 1 aromatic rings. The summed E-state index contributed by atoms with van der Waals surface area (Å²) in [5.41, 5.74) is 3.50. The summed E-state index contributed by atoms with van der Waals surface area (Å²) in [6.45, 7) is 10.4. The molecule has 1 nitrogen and oxygen atoms in total. The van der Waals surface area contributed by atoms with Crippen LogP contribution in [-0.2, 0) is 5.54 Å². The van der Waals surface area contributed by atoms with Crippen molar-refractivity contribution in [2.24, 2.45) is 5.41 Å². The second kappa shape index (κ2) is 4.45. The van der Waals surface area contributed by atoms with Crippen LogP contribution >= 0.6 is 0 Å². The Hall–Kier alpha value is -0.820. The molecule has 0 spiro atoms. The number of aryl methyl sites for hydroxylation is 1. The minimum Gasteiger partial charge on any atom is -0.307 e. The highest BCUT2D eigenvalue weighted by atomic mass is 15.0. The Balaban J connectivity index is 2.38. The number of benzene rings is 1. The van der Waals surface area contributed by atoms with Crippen LogP contribution in [0.25, 0.3) is 0 Å². The molecule has 94 valence electrons. The second-order valence-electron chi connectivity index (χ2n) is 6.66. The number of hydrogen-bond donors (Lipinski definition) is 1. The first-order valence-electron chi connectivity index (χ1n) is 6.74. The van der Waals surface area contributed by atoms with Crippen LogP contribution in [0.3, 0.4) is 0 Å². The van der Waals surface area contributed by atoms with Gasteiger partial charge in [0.15, 0.2) is 0 Å². The van der Waals surface area contributed by atoms with Gasteiger partial charge in [-0.2, -0.15) is 0 Å². The highest BCUT2D eigenvalue weighted by Gasteiger charge is 2.39. The number of hydrogen-bond acceptors (Lipinski definition) is 1. The molecule has 1 atom stereocenters. The summed E-state index contributed by atoms with van der Waals surface area (Å²) in [5.74, 6) is 0. The molecule has 1 heteroatoms. The lowest BCUT2D eigenvalue weighted by Crippen LogP contribution is -2.40. The molecule has 0 bridgehead atoms. The standard InChI is InChI=1S/C16H25N/c1-13-8-5-6-9-14(13)16(10-7-11-17-16)12-15(2,3)4/h5-6,8-9,17H,7,10-12H2,1-4H3. The molecule has 1 aliphatic rings. The van der Waals surface area contributed by atoms with Crippen LogP contribution in [0, 0.1) is 12.3 Å². The molecule has 1 aliphatic heterocycles. The first-order valence-corrected chi connectivity index (χ1v) is 6.74. The Morgan fingerprint density at radius 2 is 1.94 bits per heavy atom. The number of rotatable bonds is 2. The van der Waals surface area contributed by atoms with Crippen molar-refractivity contribution in [3.63, 3.8) is 0 Å². The third-order valence-corrected chi connectivity index (χ3v) is 3.74. The van der Waals surface area contributed by atoms with Crippen molar-refractivity contribution in [3.8, 4) is 0 Å². The fourth-order valence-corrected chi connectivity index (χ4v) is 3.30. The first-order chi connectivity index (χ1) is 7.93. The zero-order valence-corrected chi connectivity index (χ0v) is 11.6. The average molecular weight is 231 g/mol. The van der Waals surface area contributed by atoms with Crippen LogP contribution in [0.4, 0.5) is 0 Å². The monoisotopic (exact) mass is 231 g/mol. The maximum Gasteiger partial charge on any atom is 0.0442 e. The third-order valence-electron chi connectivity index (χ3n) is 3.74. The third kappa shape index (κ3) is 2.71. The van der Waals surface area contributed by atoms with Gasteiger partial charge in [0.25, 0.3) is 0 Å².